The molecule has 3 nitrogen and oxygen atoms in total. The van der Waals surface area contributed by atoms with Gasteiger partial charge in [-0.05, 0) is 36.4 Å². The quantitative estimate of drug-likeness (QED) is 0.713. The van der Waals surface area contributed by atoms with Crippen LogP contribution in [0.15, 0.2) is 36.4 Å². The molecule has 0 aliphatic carbocycles. The standard InChI is InChI=1S/C16H11Cl3FNO2/c17-10-7-12(18)16(13(19)8-10)21-15(23)6-5-14(22)9-1-3-11(20)4-2-9/h1-4,7-8H,5-6H2,(H,21,23). The number of hydrogen-bond donors (Lipinski definition) is 1. The topological polar surface area (TPSA) is 46.2 Å². The maximum Gasteiger partial charge on any atom is 0.224 e. The van der Waals surface area contributed by atoms with E-state index in [-0.39, 0.29) is 34.4 Å². The van der Waals surface area contributed by atoms with E-state index in [0.29, 0.717) is 10.6 Å². The van der Waals surface area contributed by atoms with Crippen LogP contribution in [0.25, 0.3) is 0 Å². The van der Waals surface area contributed by atoms with Gasteiger partial charge in [0.25, 0.3) is 0 Å². The molecule has 0 unspecified atom stereocenters. The van der Waals surface area contributed by atoms with Crippen LogP contribution < -0.4 is 5.32 Å². The second kappa shape index (κ2) is 7.77. The first-order chi connectivity index (χ1) is 10.9. The van der Waals surface area contributed by atoms with Crippen molar-refractivity contribution < 1.29 is 14.0 Å². The van der Waals surface area contributed by atoms with E-state index < -0.39 is 11.7 Å². The van der Waals surface area contributed by atoms with Crippen molar-refractivity contribution in [2.75, 3.05) is 5.32 Å². The van der Waals surface area contributed by atoms with Crippen LogP contribution in [0.5, 0.6) is 0 Å². The number of carbonyl (C=O) groups excluding carboxylic acids is 2. The molecule has 0 saturated carbocycles. The number of rotatable bonds is 5. The number of ketones is 1. The smallest absolute Gasteiger partial charge is 0.224 e. The van der Waals surface area contributed by atoms with Gasteiger partial charge in [0.1, 0.15) is 5.82 Å². The molecule has 2 aromatic carbocycles. The molecule has 23 heavy (non-hydrogen) atoms. The van der Waals surface area contributed by atoms with Crippen LogP contribution in [0.4, 0.5) is 10.1 Å². The zero-order chi connectivity index (χ0) is 17.0. The Morgan fingerprint density at radius 2 is 1.52 bits per heavy atom. The minimum absolute atomic E-state index is 0.0136. The molecular formula is C16H11Cl3FNO2. The Balaban J connectivity index is 1.95. The van der Waals surface area contributed by atoms with Gasteiger partial charge in [0.15, 0.2) is 5.78 Å². The van der Waals surface area contributed by atoms with Crippen LogP contribution in [0, 0.1) is 5.82 Å². The van der Waals surface area contributed by atoms with E-state index in [1.54, 1.807) is 0 Å². The first kappa shape index (κ1) is 17.7. The summed E-state index contributed by atoms with van der Waals surface area (Å²) in [6.07, 6.45) is -0.0637. The Morgan fingerprint density at radius 1 is 0.957 bits per heavy atom. The van der Waals surface area contributed by atoms with Gasteiger partial charge in [-0.2, -0.15) is 0 Å². The lowest BCUT2D eigenvalue weighted by atomic mass is 10.1. The highest BCUT2D eigenvalue weighted by Crippen LogP contribution is 2.33. The Hall–Kier alpha value is -1.62. The van der Waals surface area contributed by atoms with E-state index in [1.807, 2.05) is 0 Å². The minimum Gasteiger partial charge on any atom is -0.324 e. The summed E-state index contributed by atoms with van der Waals surface area (Å²) >= 11 is 17.7. The highest BCUT2D eigenvalue weighted by Gasteiger charge is 2.13. The molecule has 2 rings (SSSR count). The molecule has 0 fully saturated rings. The first-order valence-corrected chi connectivity index (χ1v) is 7.73. The third-order valence-corrected chi connectivity index (χ3v) is 3.83. The number of carbonyl (C=O) groups is 2. The molecule has 0 radical (unpaired) electrons. The van der Waals surface area contributed by atoms with Crippen molar-refractivity contribution in [2.24, 2.45) is 0 Å². The Labute approximate surface area is 147 Å². The summed E-state index contributed by atoms with van der Waals surface area (Å²) < 4.78 is 12.8. The molecule has 1 N–H and O–H groups in total. The van der Waals surface area contributed by atoms with Gasteiger partial charge in [-0.1, -0.05) is 34.8 Å². The van der Waals surface area contributed by atoms with Crippen LogP contribution in [-0.4, -0.2) is 11.7 Å². The highest BCUT2D eigenvalue weighted by atomic mass is 35.5. The van der Waals surface area contributed by atoms with Crippen molar-refractivity contribution in [3.05, 3.63) is 62.8 Å². The molecule has 0 aromatic heterocycles. The molecule has 0 aliphatic rings. The number of Topliss-reactive ketones (excluding diaryl/α,β-unsaturated/α-hetero) is 1. The maximum atomic E-state index is 12.8. The third kappa shape index (κ3) is 4.93. The van der Waals surface area contributed by atoms with Gasteiger partial charge < -0.3 is 5.32 Å². The average Bonchev–Trinajstić information content (AvgIpc) is 2.49. The number of halogens is 4. The summed E-state index contributed by atoms with van der Waals surface area (Å²) in [7, 11) is 0. The maximum absolute atomic E-state index is 12.8. The van der Waals surface area contributed by atoms with E-state index in [0.717, 1.165) is 0 Å². The molecule has 0 atom stereocenters. The third-order valence-electron chi connectivity index (χ3n) is 3.02. The largest absolute Gasteiger partial charge is 0.324 e. The molecule has 7 heteroatoms. The molecule has 0 saturated heterocycles. The summed E-state index contributed by atoms with van der Waals surface area (Å²) in [4.78, 5) is 23.8. The molecule has 2 aromatic rings. The van der Waals surface area contributed by atoms with Crippen LogP contribution in [0.3, 0.4) is 0 Å². The lowest BCUT2D eigenvalue weighted by Gasteiger charge is -2.09. The average molecular weight is 375 g/mol. The lowest BCUT2D eigenvalue weighted by molar-refractivity contribution is -0.116. The van der Waals surface area contributed by atoms with Crippen molar-refractivity contribution in [3.8, 4) is 0 Å². The first-order valence-electron chi connectivity index (χ1n) is 6.60. The van der Waals surface area contributed by atoms with Crippen LogP contribution >= 0.6 is 34.8 Å². The van der Waals surface area contributed by atoms with Crippen LogP contribution in [0.1, 0.15) is 23.2 Å². The summed E-state index contributed by atoms with van der Waals surface area (Å²) in [6.45, 7) is 0. The van der Waals surface area contributed by atoms with Gasteiger partial charge in [0.2, 0.25) is 5.91 Å². The number of hydrogen-bond acceptors (Lipinski definition) is 2. The van der Waals surface area contributed by atoms with Crippen LogP contribution in [0.2, 0.25) is 15.1 Å². The van der Waals surface area contributed by atoms with Crippen molar-refractivity contribution >= 4 is 52.2 Å². The number of nitrogens with one attached hydrogen (secondary N) is 1. The predicted octanol–water partition coefficient (Wildman–Crippen LogP) is 5.39. The van der Waals surface area contributed by atoms with Gasteiger partial charge in [-0.25, -0.2) is 4.39 Å². The number of benzene rings is 2. The fourth-order valence-corrected chi connectivity index (χ4v) is 2.78. The van der Waals surface area contributed by atoms with E-state index in [2.05, 4.69) is 5.32 Å². The number of amides is 1. The van der Waals surface area contributed by atoms with E-state index in [4.69, 9.17) is 34.8 Å². The highest BCUT2D eigenvalue weighted by molar-refractivity contribution is 6.42. The SMILES string of the molecule is O=C(CCC(=O)c1ccc(F)cc1)Nc1c(Cl)cc(Cl)cc1Cl. The summed E-state index contributed by atoms with van der Waals surface area (Å²) in [5.74, 6) is -1.09. The van der Waals surface area contributed by atoms with Crippen molar-refractivity contribution in [1.82, 2.24) is 0 Å². The summed E-state index contributed by atoms with van der Waals surface area (Å²) in [5.41, 5.74) is 0.596. The molecule has 120 valence electrons. The van der Waals surface area contributed by atoms with Crippen molar-refractivity contribution in [2.45, 2.75) is 12.8 Å². The molecule has 0 spiro atoms. The second-order valence-electron chi connectivity index (χ2n) is 4.72. The van der Waals surface area contributed by atoms with Gasteiger partial charge in [-0.15, -0.1) is 0 Å². The van der Waals surface area contributed by atoms with E-state index in [1.165, 1.54) is 36.4 Å². The fraction of sp³-hybridized carbons (Fsp3) is 0.125. The van der Waals surface area contributed by atoms with Gasteiger partial charge in [0, 0.05) is 23.4 Å². The lowest BCUT2D eigenvalue weighted by Crippen LogP contribution is -2.14. The molecule has 0 aliphatic heterocycles. The Kier molecular flexibility index (Phi) is 5.99. The van der Waals surface area contributed by atoms with Gasteiger partial charge in [-0.3, -0.25) is 9.59 Å². The van der Waals surface area contributed by atoms with E-state index in [9.17, 15) is 14.0 Å². The zero-order valence-corrected chi connectivity index (χ0v) is 14.0. The normalized spacial score (nSPS) is 10.4. The predicted molar refractivity (Wildman–Crippen MR) is 90.1 cm³/mol. The zero-order valence-electron chi connectivity index (χ0n) is 11.7. The van der Waals surface area contributed by atoms with Gasteiger partial charge in [0.05, 0.1) is 15.7 Å². The molecule has 0 heterocycles. The molecule has 1 amide bonds. The second-order valence-corrected chi connectivity index (χ2v) is 5.97. The molecule has 0 bridgehead atoms. The Morgan fingerprint density at radius 3 is 2.09 bits per heavy atom. The summed E-state index contributed by atoms with van der Waals surface area (Å²) in [6, 6.07) is 8.05. The fourth-order valence-electron chi connectivity index (χ4n) is 1.87. The minimum atomic E-state index is -0.425. The van der Waals surface area contributed by atoms with Crippen molar-refractivity contribution in [1.29, 1.82) is 0 Å². The molecular weight excluding hydrogens is 364 g/mol. The Bertz CT molecular complexity index is 724. The van der Waals surface area contributed by atoms with E-state index >= 15 is 0 Å². The summed E-state index contributed by atoms with van der Waals surface area (Å²) in [5, 5.41) is 3.32. The van der Waals surface area contributed by atoms with Gasteiger partial charge >= 0.3 is 0 Å². The van der Waals surface area contributed by atoms with Crippen molar-refractivity contribution in [3.63, 3.8) is 0 Å². The number of anilines is 1. The monoisotopic (exact) mass is 373 g/mol. The van der Waals surface area contributed by atoms with Crippen LogP contribution in [-0.2, 0) is 4.79 Å².